The van der Waals surface area contributed by atoms with Gasteiger partial charge in [0.1, 0.15) is 17.3 Å². The molecule has 0 aliphatic rings. The minimum Gasteiger partial charge on any atom is -0.497 e. The van der Waals surface area contributed by atoms with Crippen molar-refractivity contribution in [2.45, 2.75) is 0 Å². The van der Waals surface area contributed by atoms with Crippen molar-refractivity contribution in [3.05, 3.63) is 59.9 Å². The maximum absolute atomic E-state index is 13.1. The number of hydrogen-bond donors (Lipinski definition) is 2. The Morgan fingerprint density at radius 1 is 1.19 bits per heavy atom. The zero-order valence-electron chi connectivity index (χ0n) is 14.7. The molecular weight excluding hydrogens is 351 g/mol. The topological polar surface area (TPSA) is 89.1 Å². The largest absolute Gasteiger partial charge is 0.497 e. The highest BCUT2D eigenvalue weighted by Gasteiger charge is 2.13. The van der Waals surface area contributed by atoms with Crippen molar-refractivity contribution in [2.75, 3.05) is 19.5 Å². The Hall–Kier alpha value is -3.68. The molecule has 0 bridgehead atoms. The molecule has 1 aromatic heterocycles. The number of benzene rings is 2. The average Bonchev–Trinajstić information content (AvgIpc) is 3.14. The molecule has 2 aromatic carbocycles. The lowest BCUT2D eigenvalue weighted by Gasteiger charge is -2.07. The smallest absolute Gasteiger partial charge is 0.250 e. The third-order valence-electron chi connectivity index (χ3n) is 3.66. The van der Waals surface area contributed by atoms with Gasteiger partial charge >= 0.3 is 0 Å². The van der Waals surface area contributed by atoms with Crippen LogP contribution in [0.1, 0.15) is 5.56 Å². The molecular formula is C19H17FN4O3. The SMILES string of the molecule is COc1ccc(-c2nc(NC(=O)/C=C/c3cccc(F)c3)n[nH]2)c(OC)c1. The summed E-state index contributed by atoms with van der Waals surface area (Å²) in [7, 11) is 3.10. The van der Waals surface area contributed by atoms with Gasteiger partial charge in [0.05, 0.1) is 19.8 Å². The zero-order chi connectivity index (χ0) is 19.2. The fraction of sp³-hybridized carbons (Fsp3) is 0.105. The maximum Gasteiger partial charge on any atom is 0.250 e. The van der Waals surface area contributed by atoms with Crippen molar-refractivity contribution < 1.29 is 18.7 Å². The summed E-state index contributed by atoms with van der Waals surface area (Å²) in [5.41, 5.74) is 1.24. The fourth-order valence-corrected chi connectivity index (χ4v) is 2.37. The number of anilines is 1. The Kier molecular flexibility index (Phi) is 5.46. The van der Waals surface area contributed by atoms with Crippen LogP contribution in [0.25, 0.3) is 17.5 Å². The number of aromatic nitrogens is 3. The molecule has 1 amide bonds. The van der Waals surface area contributed by atoms with E-state index in [1.807, 2.05) is 0 Å². The van der Waals surface area contributed by atoms with Gasteiger partial charge in [-0.25, -0.2) is 4.39 Å². The molecule has 0 unspecified atom stereocenters. The second kappa shape index (κ2) is 8.13. The Morgan fingerprint density at radius 2 is 2.04 bits per heavy atom. The van der Waals surface area contributed by atoms with Crippen LogP contribution in [-0.2, 0) is 4.79 Å². The van der Waals surface area contributed by atoms with Crippen LogP contribution in [0.4, 0.5) is 10.3 Å². The number of H-pyrrole nitrogens is 1. The third kappa shape index (κ3) is 4.49. The quantitative estimate of drug-likeness (QED) is 0.652. The van der Waals surface area contributed by atoms with Crippen molar-refractivity contribution in [2.24, 2.45) is 0 Å². The third-order valence-corrected chi connectivity index (χ3v) is 3.66. The summed E-state index contributed by atoms with van der Waals surface area (Å²) in [6.07, 6.45) is 2.78. The zero-order valence-corrected chi connectivity index (χ0v) is 14.7. The standard InChI is InChI=1S/C19H17FN4O3/c1-26-14-7-8-15(16(11-14)27-2)18-22-19(24-23-18)21-17(25)9-6-12-4-3-5-13(20)10-12/h3-11H,1-2H3,(H2,21,22,23,24,25)/b9-6+. The van der Waals surface area contributed by atoms with E-state index in [2.05, 4.69) is 20.5 Å². The molecule has 3 aromatic rings. The summed E-state index contributed by atoms with van der Waals surface area (Å²) in [5, 5.41) is 9.26. The first kappa shape index (κ1) is 18.1. The average molecular weight is 368 g/mol. The number of nitrogens with one attached hydrogen (secondary N) is 2. The monoisotopic (exact) mass is 368 g/mol. The molecule has 7 nitrogen and oxygen atoms in total. The molecule has 0 radical (unpaired) electrons. The van der Waals surface area contributed by atoms with Gasteiger partial charge in [0.15, 0.2) is 5.82 Å². The van der Waals surface area contributed by atoms with Crippen LogP contribution in [0.2, 0.25) is 0 Å². The van der Waals surface area contributed by atoms with Crippen LogP contribution in [-0.4, -0.2) is 35.3 Å². The van der Waals surface area contributed by atoms with Gasteiger partial charge in [-0.15, -0.1) is 5.10 Å². The van der Waals surface area contributed by atoms with Gasteiger partial charge in [-0.3, -0.25) is 15.2 Å². The fourth-order valence-electron chi connectivity index (χ4n) is 2.37. The summed E-state index contributed by atoms with van der Waals surface area (Å²) in [6.45, 7) is 0. The van der Waals surface area contributed by atoms with Gasteiger partial charge in [0.25, 0.3) is 5.91 Å². The number of carbonyl (C=O) groups excluding carboxylic acids is 1. The molecule has 0 aliphatic carbocycles. The lowest BCUT2D eigenvalue weighted by Crippen LogP contribution is -2.09. The number of aromatic amines is 1. The van der Waals surface area contributed by atoms with Crippen molar-refractivity contribution in [1.82, 2.24) is 15.2 Å². The van der Waals surface area contributed by atoms with Gasteiger partial charge in [0.2, 0.25) is 5.95 Å². The predicted molar refractivity (Wildman–Crippen MR) is 99.0 cm³/mol. The van der Waals surface area contributed by atoms with Crippen LogP contribution in [0.3, 0.4) is 0 Å². The number of halogens is 1. The molecule has 2 N–H and O–H groups in total. The summed E-state index contributed by atoms with van der Waals surface area (Å²) in [6, 6.07) is 11.2. The van der Waals surface area contributed by atoms with Gasteiger partial charge in [-0.05, 0) is 35.9 Å². The minimum absolute atomic E-state index is 0.108. The number of hydrogen-bond acceptors (Lipinski definition) is 5. The van der Waals surface area contributed by atoms with Crippen LogP contribution in [0.15, 0.2) is 48.5 Å². The first-order valence-corrected chi connectivity index (χ1v) is 7.98. The van der Waals surface area contributed by atoms with E-state index in [-0.39, 0.29) is 11.8 Å². The van der Waals surface area contributed by atoms with Crippen molar-refractivity contribution in [1.29, 1.82) is 0 Å². The molecule has 27 heavy (non-hydrogen) atoms. The number of nitrogens with zero attached hydrogens (tertiary/aromatic N) is 2. The maximum atomic E-state index is 13.1. The van der Waals surface area contributed by atoms with E-state index in [0.717, 1.165) is 0 Å². The predicted octanol–water partition coefficient (Wildman–Crippen LogP) is 3.28. The van der Waals surface area contributed by atoms with Gasteiger partial charge in [-0.1, -0.05) is 12.1 Å². The molecule has 0 spiro atoms. The number of amides is 1. The molecule has 8 heteroatoms. The molecule has 0 saturated heterocycles. The van der Waals surface area contributed by atoms with E-state index >= 15 is 0 Å². The van der Waals surface area contributed by atoms with Crippen molar-refractivity contribution in [3.63, 3.8) is 0 Å². The van der Waals surface area contributed by atoms with Crippen LogP contribution in [0.5, 0.6) is 11.5 Å². The molecule has 3 rings (SSSR count). The molecule has 1 heterocycles. The lowest BCUT2D eigenvalue weighted by molar-refractivity contribution is -0.111. The summed E-state index contributed by atoms with van der Waals surface area (Å²) in [4.78, 5) is 16.2. The van der Waals surface area contributed by atoms with E-state index in [4.69, 9.17) is 9.47 Å². The highest BCUT2D eigenvalue weighted by molar-refractivity contribution is 6.01. The van der Waals surface area contributed by atoms with E-state index in [1.165, 1.54) is 31.4 Å². The summed E-state index contributed by atoms with van der Waals surface area (Å²) >= 11 is 0. The second-order valence-corrected chi connectivity index (χ2v) is 5.45. The summed E-state index contributed by atoms with van der Waals surface area (Å²) < 4.78 is 23.6. The molecule has 138 valence electrons. The minimum atomic E-state index is -0.438. The first-order chi connectivity index (χ1) is 13.1. The van der Waals surface area contributed by atoms with Crippen LogP contribution in [0, 0.1) is 5.82 Å². The van der Waals surface area contributed by atoms with E-state index in [9.17, 15) is 9.18 Å². The summed E-state index contributed by atoms with van der Waals surface area (Å²) in [5.74, 6) is 0.923. The van der Waals surface area contributed by atoms with Crippen molar-refractivity contribution >= 4 is 17.9 Å². The Labute approximate surface area is 154 Å². The van der Waals surface area contributed by atoms with Crippen LogP contribution < -0.4 is 14.8 Å². The lowest BCUT2D eigenvalue weighted by atomic mass is 10.2. The second-order valence-electron chi connectivity index (χ2n) is 5.45. The van der Waals surface area contributed by atoms with E-state index < -0.39 is 5.91 Å². The van der Waals surface area contributed by atoms with Crippen LogP contribution >= 0.6 is 0 Å². The molecule has 0 aliphatic heterocycles. The number of ether oxygens (including phenoxy) is 2. The Morgan fingerprint density at radius 3 is 2.78 bits per heavy atom. The normalized spacial score (nSPS) is 10.8. The molecule has 0 fully saturated rings. The van der Waals surface area contributed by atoms with Gasteiger partial charge < -0.3 is 9.47 Å². The highest BCUT2D eigenvalue weighted by atomic mass is 19.1. The van der Waals surface area contributed by atoms with Crippen molar-refractivity contribution in [3.8, 4) is 22.9 Å². The Balaban J connectivity index is 1.72. The van der Waals surface area contributed by atoms with Gasteiger partial charge in [-0.2, -0.15) is 4.98 Å². The Bertz CT molecular complexity index is 985. The molecule has 0 atom stereocenters. The molecule has 0 saturated carbocycles. The number of carbonyl (C=O) groups is 1. The van der Waals surface area contributed by atoms with E-state index in [1.54, 1.807) is 37.4 Å². The number of rotatable bonds is 6. The van der Waals surface area contributed by atoms with E-state index in [0.29, 0.717) is 28.5 Å². The highest BCUT2D eigenvalue weighted by Crippen LogP contribution is 2.31. The number of methoxy groups -OCH3 is 2. The van der Waals surface area contributed by atoms with Gasteiger partial charge in [0, 0.05) is 12.1 Å². The first-order valence-electron chi connectivity index (χ1n) is 7.98.